The molecule has 3 rings (SSSR count). The van der Waals surface area contributed by atoms with Crippen molar-refractivity contribution in [3.63, 3.8) is 0 Å². The van der Waals surface area contributed by atoms with Gasteiger partial charge in [0.2, 0.25) is 0 Å². The molecule has 7 heteroatoms. The average molecular weight is 386 g/mol. The van der Waals surface area contributed by atoms with Gasteiger partial charge in [0, 0.05) is 36.4 Å². The van der Waals surface area contributed by atoms with Crippen LogP contribution in [0.15, 0.2) is 47.6 Å². The normalized spacial score (nSPS) is 10.9. The van der Waals surface area contributed by atoms with Crippen LogP contribution in [0.5, 0.6) is 5.75 Å². The number of benzene rings is 2. The number of imidazole rings is 1. The van der Waals surface area contributed by atoms with Crippen LogP contribution in [-0.4, -0.2) is 36.0 Å². The Morgan fingerprint density at radius 2 is 2.04 bits per heavy atom. The van der Waals surface area contributed by atoms with Crippen molar-refractivity contribution in [3.8, 4) is 5.75 Å². The van der Waals surface area contributed by atoms with Crippen molar-refractivity contribution in [2.24, 2.45) is 7.05 Å². The van der Waals surface area contributed by atoms with Crippen LogP contribution in [0, 0.1) is 0 Å². The fraction of sp³-hybridized carbons (Fsp3) is 0.300. The van der Waals surface area contributed by atoms with Crippen molar-refractivity contribution in [2.45, 2.75) is 17.6 Å². The quantitative estimate of drug-likeness (QED) is 0.331. The number of methoxy groups -OCH3 is 1. The van der Waals surface area contributed by atoms with Gasteiger partial charge >= 0.3 is 5.97 Å². The number of hydrogen-bond donors (Lipinski definition) is 0. The minimum absolute atomic E-state index is 0.0427. The summed E-state index contributed by atoms with van der Waals surface area (Å²) in [6.07, 6.45) is 1.73. The van der Waals surface area contributed by atoms with Gasteiger partial charge in [-0.05, 0) is 19.1 Å². The molecule has 0 aliphatic heterocycles. The second-order valence-corrected chi connectivity index (χ2v) is 6.87. The lowest BCUT2D eigenvalue weighted by atomic mass is 10.1. The largest absolute Gasteiger partial charge is 0.467 e. The molecule has 1 heterocycles. The number of rotatable bonds is 8. The number of esters is 1. The first-order chi connectivity index (χ1) is 13.2. The summed E-state index contributed by atoms with van der Waals surface area (Å²) in [5, 5.41) is 0. The van der Waals surface area contributed by atoms with Gasteiger partial charge in [-0.1, -0.05) is 18.2 Å². The van der Waals surface area contributed by atoms with E-state index in [4.69, 9.17) is 14.2 Å². The maximum Gasteiger partial charge on any atom is 0.342 e. The molecular formula is C20H22N2O4S. The van der Waals surface area contributed by atoms with Gasteiger partial charge in [0.25, 0.3) is 0 Å². The molecule has 0 aliphatic rings. The van der Waals surface area contributed by atoms with E-state index in [9.17, 15) is 4.79 Å². The molecule has 0 unspecified atom stereocenters. The first kappa shape index (κ1) is 19.3. The maximum atomic E-state index is 12.7. The lowest BCUT2D eigenvalue weighted by molar-refractivity contribution is 0.0438. The van der Waals surface area contributed by atoms with Crippen LogP contribution in [0.1, 0.15) is 22.8 Å². The van der Waals surface area contributed by atoms with E-state index in [1.54, 1.807) is 32.1 Å². The standard InChI is InChI=1S/C20H22N2O4S/c1-4-25-20(23)18-15(11-27-14-8-6-5-7-9-14)19-16(22(2)12-21-19)10-17(18)26-13-24-3/h5-10,12H,4,11,13H2,1-3H3. The van der Waals surface area contributed by atoms with Crippen LogP contribution in [0.3, 0.4) is 0 Å². The summed E-state index contributed by atoms with van der Waals surface area (Å²) >= 11 is 1.64. The first-order valence-corrected chi connectivity index (χ1v) is 9.57. The topological polar surface area (TPSA) is 62.6 Å². The van der Waals surface area contributed by atoms with Crippen molar-refractivity contribution >= 4 is 28.8 Å². The van der Waals surface area contributed by atoms with Crippen LogP contribution in [-0.2, 0) is 22.3 Å². The van der Waals surface area contributed by atoms with Crippen molar-refractivity contribution in [3.05, 3.63) is 53.9 Å². The lowest BCUT2D eigenvalue weighted by Crippen LogP contribution is -2.12. The van der Waals surface area contributed by atoms with Crippen LogP contribution in [0.25, 0.3) is 11.0 Å². The molecule has 2 aromatic carbocycles. The fourth-order valence-corrected chi connectivity index (χ4v) is 3.72. The molecule has 0 radical (unpaired) electrons. The average Bonchev–Trinajstić information content (AvgIpc) is 3.05. The van der Waals surface area contributed by atoms with E-state index in [1.165, 1.54) is 0 Å². The number of carbonyl (C=O) groups excluding carboxylic acids is 1. The van der Waals surface area contributed by atoms with Crippen molar-refractivity contribution < 1.29 is 19.0 Å². The number of fused-ring (bicyclic) bond motifs is 1. The van der Waals surface area contributed by atoms with Gasteiger partial charge in [0.15, 0.2) is 6.79 Å². The van der Waals surface area contributed by atoms with Gasteiger partial charge in [0.05, 0.1) is 24.0 Å². The highest BCUT2D eigenvalue weighted by atomic mass is 32.2. The molecule has 142 valence electrons. The number of hydrogen-bond acceptors (Lipinski definition) is 6. The Labute approximate surface area is 162 Å². The molecule has 0 N–H and O–H groups in total. The Morgan fingerprint density at radius 1 is 1.26 bits per heavy atom. The molecule has 0 bridgehead atoms. The number of aromatic nitrogens is 2. The second kappa shape index (κ2) is 8.92. The minimum atomic E-state index is -0.417. The Kier molecular flexibility index (Phi) is 6.36. The number of carbonyl (C=O) groups is 1. The van der Waals surface area contributed by atoms with Gasteiger partial charge < -0.3 is 18.8 Å². The fourth-order valence-electron chi connectivity index (χ4n) is 2.78. The van der Waals surface area contributed by atoms with E-state index in [0.717, 1.165) is 21.5 Å². The van der Waals surface area contributed by atoms with Crippen LogP contribution in [0.2, 0.25) is 0 Å². The predicted octanol–water partition coefficient (Wildman–Crippen LogP) is 4.03. The third kappa shape index (κ3) is 4.26. The molecule has 0 saturated heterocycles. The first-order valence-electron chi connectivity index (χ1n) is 8.59. The molecule has 0 atom stereocenters. The summed E-state index contributed by atoms with van der Waals surface area (Å²) in [6.45, 7) is 2.11. The van der Waals surface area contributed by atoms with Crippen molar-refractivity contribution in [2.75, 3.05) is 20.5 Å². The minimum Gasteiger partial charge on any atom is -0.467 e. The van der Waals surface area contributed by atoms with E-state index in [0.29, 0.717) is 17.1 Å². The van der Waals surface area contributed by atoms with Gasteiger partial charge in [0.1, 0.15) is 11.3 Å². The summed E-state index contributed by atoms with van der Waals surface area (Å²) in [5.74, 6) is 0.588. The lowest BCUT2D eigenvalue weighted by Gasteiger charge is -2.15. The third-order valence-electron chi connectivity index (χ3n) is 4.02. The molecular weight excluding hydrogens is 364 g/mol. The Hall–Kier alpha value is -2.51. The Balaban J connectivity index is 2.10. The number of thioether (sulfide) groups is 1. The number of ether oxygens (including phenoxy) is 3. The molecule has 1 aromatic heterocycles. The van der Waals surface area contributed by atoms with Crippen LogP contribution in [0.4, 0.5) is 0 Å². The summed E-state index contributed by atoms with van der Waals surface area (Å²) in [7, 11) is 3.45. The van der Waals surface area contributed by atoms with E-state index < -0.39 is 5.97 Å². The van der Waals surface area contributed by atoms with Crippen molar-refractivity contribution in [1.29, 1.82) is 0 Å². The summed E-state index contributed by atoms with van der Waals surface area (Å²) in [4.78, 5) is 18.3. The molecule has 0 aliphatic carbocycles. The zero-order valence-electron chi connectivity index (χ0n) is 15.6. The van der Waals surface area contributed by atoms with E-state index in [2.05, 4.69) is 4.98 Å². The highest BCUT2D eigenvalue weighted by Gasteiger charge is 2.24. The summed E-state index contributed by atoms with van der Waals surface area (Å²) < 4.78 is 17.9. The third-order valence-corrected chi connectivity index (χ3v) is 5.06. The molecule has 0 saturated carbocycles. The summed E-state index contributed by atoms with van der Waals surface area (Å²) in [6, 6.07) is 11.8. The zero-order chi connectivity index (χ0) is 19.2. The van der Waals surface area contributed by atoms with Crippen LogP contribution >= 0.6 is 11.8 Å². The van der Waals surface area contributed by atoms with E-state index >= 15 is 0 Å². The molecule has 0 amide bonds. The highest BCUT2D eigenvalue weighted by molar-refractivity contribution is 7.98. The molecule has 6 nitrogen and oxygen atoms in total. The summed E-state index contributed by atoms with van der Waals surface area (Å²) in [5.41, 5.74) is 2.86. The SMILES string of the molecule is CCOC(=O)c1c(OCOC)cc2c(ncn2C)c1CSc1ccccc1. The monoisotopic (exact) mass is 386 g/mol. The van der Waals surface area contributed by atoms with Gasteiger partial charge in [-0.25, -0.2) is 9.78 Å². The Bertz CT molecular complexity index is 925. The second-order valence-electron chi connectivity index (χ2n) is 5.82. The highest BCUT2D eigenvalue weighted by Crippen LogP contribution is 2.35. The predicted molar refractivity (Wildman–Crippen MR) is 105 cm³/mol. The van der Waals surface area contributed by atoms with Crippen molar-refractivity contribution in [1.82, 2.24) is 9.55 Å². The number of aryl methyl sites for hydroxylation is 1. The van der Waals surface area contributed by atoms with Gasteiger partial charge in [-0.2, -0.15) is 0 Å². The Morgan fingerprint density at radius 3 is 2.74 bits per heavy atom. The van der Waals surface area contributed by atoms with Gasteiger partial charge in [-0.3, -0.25) is 0 Å². The maximum absolute atomic E-state index is 12.7. The van der Waals surface area contributed by atoms with Crippen LogP contribution < -0.4 is 4.74 Å². The molecule has 0 spiro atoms. The zero-order valence-corrected chi connectivity index (χ0v) is 16.4. The smallest absolute Gasteiger partial charge is 0.342 e. The molecule has 27 heavy (non-hydrogen) atoms. The van der Waals surface area contributed by atoms with E-state index in [-0.39, 0.29) is 13.4 Å². The van der Waals surface area contributed by atoms with E-state index in [1.807, 2.05) is 48.0 Å². The number of nitrogens with zero attached hydrogens (tertiary/aromatic N) is 2. The van der Waals surface area contributed by atoms with Gasteiger partial charge in [-0.15, -0.1) is 11.8 Å². The molecule has 3 aromatic rings. The molecule has 0 fully saturated rings.